The Kier molecular flexibility index (Phi) is 15.5. The van der Waals surface area contributed by atoms with Gasteiger partial charge in [0.2, 0.25) is 35.4 Å². The monoisotopic (exact) mass is 745 g/mol. The largest absolute Gasteiger partial charge is 0.508 e. The van der Waals surface area contributed by atoms with Crippen LogP contribution < -0.4 is 27.0 Å². The van der Waals surface area contributed by atoms with E-state index in [2.05, 4.69) is 21.3 Å². The van der Waals surface area contributed by atoms with Gasteiger partial charge in [-0.1, -0.05) is 32.4 Å². The molecule has 1 aromatic rings. The van der Waals surface area contributed by atoms with Crippen molar-refractivity contribution in [1.29, 1.82) is 0 Å². The van der Waals surface area contributed by atoms with Crippen molar-refractivity contribution in [2.24, 2.45) is 11.7 Å². The van der Waals surface area contributed by atoms with Gasteiger partial charge in [0.05, 0.1) is 6.04 Å². The molecular formula is C35H51N7O11. The second-order valence-corrected chi connectivity index (χ2v) is 13.6. The number of aromatic hydroxyl groups is 1. The number of aliphatic carboxylic acids is 2. The maximum Gasteiger partial charge on any atom is 0.322 e. The lowest BCUT2D eigenvalue weighted by atomic mass is 9.97. The number of nitrogens with zero attached hydrogens (tertiary/aromatic N) is 2. The van der Waals surface area contributed by atoms with Gasteiger partial charge in [-0.15, -0.1) is 0 Å². The number of amides is 6. The van der Waals surface area contributed by atoms with Crippen LogP contribution in [0.1, 0.15) is 71.3 Å². The van der Waals surface area contributed by atoms with E-state index in [0.717, 1.165) is 5.56 Å². The van der Waals surface area contributed by atoms with Gasteiger partial charge in [-0.2, -0.15) is 0 Å². The van der Waals surface area contributed by atoms with Crippen molar-refractivity contribution in [1.82, 2.24) is 31.1 Å². The Bertz CT molecular complexity index is 1520. The van der Waals surface area contributed by atoms with E-state index in [9.17, 15) is 43.5 Å². The van der Waals surface area contributed by atoms with Gasteiger partial charge >= 0.3 is 11.9 Å². The summed E-state index contributed by atoms with van der Waals surface area (Å²) in [4.78, 5) is 105. The van der Waals surface area contributed by atoms with Gasteiger partial charge < -0.3 is 52.1 Å². The molecule has 6 amide bonds. The number of carbonyl (C=O) groups is 8. The van der Waals surface area contributed by atoms with Gasteiger partial charge in [0.1, 0.15) is 42.5 Å². The van der Waals surface area contributed by atoms with E-state index in [4.69, 9.17) is 15.9 Å². The molecule has 18 nitrogen and oxygen atoms in total. The smallest absolute Gasteiger partial charge is 0.322 e. The summed E-state index contributed by atoms with van der Waals surface area (Å²) in [7, 11) is 0. The molecule has 292 valence electrons. The fraction of sp³-hybridized carbons (Fsp3) is 0.600. The number of benzene rings is 1. The number of likely N-dealkylation sites (tertiary alicyclic amines) is 2. The first-order chi connectivity index (χ1) is 25.0. The number of nitrogens with two attached hydrogens (primary N) is 1. The molecule has 0 bridgehead atoms. The summed E-state index contributed by atoms with van der Waals surface area (Å²) in [6.45, 7) is 4.72. The minimum absolute atomic E-state index is 0.0729. The van der Waals surface area contributed by atoms with Crippen molar-refractivity contribution in [3.8, 4) is 5.75 Å². The Balaban J connectivity index is 1.67. The minimum atomic E-state index is -1.39. The quantitative estimate of drug-likeness (QED) is 0.0883. The summed E-state index contributed by atoms with van der Waals surface area (Å²) < 4.78 is 0. The molecule has 2 heterocycles. The zero-order valence-electron chi connectivity index (χ0n) is 30.2. The SMILES string of the molecule is CC[C@H](C)[C@H](NC(=O)[C@@H]1CCCN1C(=O)[C@@H]1CCCN1C(=O)[C@H](C)NC(=O)[C@@H](N)Cc1ccc(O)cc1)C(=O)N[C@@H](CCC(=O)O)C(=O)NCC(=O)O. The average molecular weight is 746 g/mol. The van der Waals surface area contributed by atoms with Crippen LogP contribution in [0.15, 0.2) is 24.3 Å². The molecular weight excluding hydrogens is 694 g/mol. The van der Waals surface area contributed by atoms with Gasteiger partial charge in [-0.05, 0) is 69.1 Å². The Morgan fingerprint density at radius 2 is 1.45 bits per heavy atom. The Labute approximate surface area is 307 Å². The molecule has 18 heteroatoms. The van der Waals surface area contributed by atoms with Crippen molar-refractivity contribution in [2.45, 2.75) is 108 Å². The molecule has 0 radical (unpaired) electrons. The van der Waals surface area contributed by atoms with Gasteiger partial charge in [-0.3, -0.25) is 38.4 Å². The summed E-state index contributed by atoms with van der Waals surface area (Å²) in [5.41, 5.74) is 6.79. The predicted molar refractivity (Wildman–Crippen MR) is 188 cm³/mol. The third kappa shape index (κ3) is 11.9. The zero-order valence-corrected chi connectivity index (χ0v) is 30.2. The van der Waals surface area contributed by atoms with E-state index in [1.54, 1.807) is 26.0 Å². The number of phenols is 1. The van der Waals surface area contributed by atoms with Crippen LogP contribution in [0.2, 0.25) is 0 Å². The van der Waals surface area contributed by atoms with Gasteiger partial charge in [0.25, 0.3) is 0 Å². The molecule has 0 aromatic heterocycles. The number of rotatable bonds is 18. The molecule has 0 spiro atoms. The van der Waals surface area contributed by atoms with E-state index in [1.807, 2.05) is 0 Å². The molecule has 9 N–H and O–H groups in total. The van der Waals surface area contributed by atoms with Crippen LogP contribution in [0.4, 0.5) is 0 Å². The van der Waals surface area contributed by atoms with Crippen LogP contribution in [-0.2, 0) is 44.8 Å². The third-order valence-electron chi connectivity index (χ3n) is 9.60. The van der Waals surface area contributed by atoms with E-state index < -0.39 is 103 Å². The highest BCUT2D eigenvalue weighted by Gasteiger charge is 2.44. The third-order valence-corrected chi connectivity index (χ3v) is 9.60. The first-order valence-electron chi connectivity index (χ1n) is 17.8. The average Bonchev–Trinajstić information content (AvgIpc) is 3.82. The number of carboxylic acid groups (broad SMARTS) is 2. The molecule has 53 heavy (non-hydrogen) atoms. The second-order valence-electron chi connectivity index (χ2n) is 13.6. The van der Waals surface area contributed by atoms with Gasteiger partial charge in [0, 0.05) is 19.5 Å². The van der Waals surface area contributed by atoms with Gasteiger partial charge in [-0.25, -0.2) is 0 Å². The molecule has 0 aliphatic carbocycles. The Hall–Kier alpha value is -5.26. The van der Waals surface area contributed by atoms with Crippen LogP contribution in [-0.4, -0.2) is 128 Å². The standard InChI is InChI=1S/C35H51N7O11/c1-4-19(2)29(33(51)39-24(13-14-27(44)45)31(49)37-18-28(46)47)40-32(50)25-7-5-15-41(25)35(53)26-8-6-16-42(26)34(52)20(3)38-30(48)23(36)17-21-9-11-22(43)12-10-21/h9-12,19-20,23-26,29,43H,4-8,13-18,36H2,1-3H3,(H,37,49)(H,38,48)(H,39,51)(H,40,50)(H,44,45)(H,46,47)/t19-,20-,23-,24-,25-,26-,29-/m0/s1. The summed E-state index contributed by atoms with van der Waals surface area (Å²) >= 11 is 0. The lowest BCUT2D eigenvalue weighted by molar-refractivity contribution is -0.148. The number of phenolic OH excluding ortho intramolecular Hbond substituents is 1. The number of nitrogens with one attached hydrogen (secondary N) is 4. The van der Waals surface area contributed by atoms with Crippen molar-refractivity contribution in [2.75, 3.05) is 19.6 Å². The molecule has 0 saturated carbocycles. The maximum atomic E-state index is 13.9. The molecule has 0 unspecified atom stereocenters. The maximum absolute atomic E-state index is 13.9. The van der Waals surface area contributed by atoms with Crippen LogP contribution in [0.3, 0.4) is 0 Å². The topological polar surface area (TPSA) is 278 Å². The fourth-order valence-electron chi connectivity index (χ4n) is 6.43. The van der Waals surface area contributed by atoms with E-state index >= 15 is 0 Å². The molecule has 2 fully saturated rings. The number of hydrogen-bond acceptors (Lipinski definition) is 10. The van der Waals surface area contributed by atoms with Crippen LogP contribution in [0, 0.1) is 5.92 Å². The molecule has 7 atom stereocenters. The second kappa shape index (κ2) is 19.5. The van der Waals surface area contributed by atoms with Crippen molar-refractivity contribution < 1.29 is 53.7 Å². The van der Waals surface area contributed by atoms with Crippen LogP contribution >= 0.6 is 0 Å². The number of carbonyl (C=O) groups excluding carboxylic acids is 6. The first kappa shape index (κ1) is 42.2. The van der Waals surface area contributed by atoms with Crippen molar-refractivity contribution in [3.05, 3.63) is 29.8 Å². The zero-order chi connectivity index (χ0) is 39.4. The Morgan fingerprint density at radius 1 is 0.830 bits per heavy atom. The molecule has 2 aliphatic heterocycles. The van der Waals surface area contributed by atoms with Crippen LogP contribution in [0.5, 0.6) is 5.75 Å². The summed E-state index contributed by atoms with van der Waals surface area (Å²) in [6.07, 6.45) is 1.41. The highest BCUT2D eigenvalue weighted by atomic mass is 16.4. The summed E-state index contributed by atoms with van der Waals surface area (Å²) in [5, 5.41) is 37.4. The summed E-state index contributed by atoms with van der Waals surface area (Å²) in [5.74, 6) is -6.74. The number of carboxylic acids is 2. The van der Waals surface area contributed by atoms with Crippen LogP contribution in [0.25, 0.3) is 0 Å². The fourth-order valence-corrected chi connectivity index (χ4v) is 6.43. The van der Waals surface area contributed by atoms with E-state index in [0.29, 0.717) is 25.7 Å². The normalized spacial score (nSPS) is 19.6. The van der Waals surface area contributed by atoms with E-state index in [-0.39, 0.29) is 38.1 Å². The van der Waals surface area contributed by atoms with E-state index in [1.165, 1.54) is 28.9 Å². The Morgan fingerprint density at radius 3 is 2.06 bits per heavy atom. The molecule has 2 saturated heterocycles. The minimum Gasteiger partial charge on any atom is -0.508 e. The van der Waals surface area contributed by atoms with Crippen molar-refractivity contribution >= 4 is 47.4 Å². The highest BCUT2D eigenvalue weighted by Crippen LogP contribution is 2.26. The first-order valence-corrected chi connectivity index (χ1v) is 17.8. The molecule has 2 aliphatic rings. The summed E-state index contributed by atoms with van der Waals surface area (Å²) in [6, 6.07) is -0.162. The lowest BCUT2D eigenvalue weighted by Crippen LogP contribution is -2.59. The molecule has 1 aromatic carbocycles. The van der Waals surface area contributed by atoms with Gasteiger partial charge in [0.15, 0.2) is 0 Å². The lowest BCUT2D eigenvalue weighted by Gasteiger charge is -2.33. The predicted octanol–water partition coefficient (Wildman–Crippen LogP) is -1.17. The molecule has 3 rings (SSSR count). The van der Waals surface area contributed by atoms with Crippen molar-refractivity contribution in [3.63, 3.8) is 0 Å². The number of hydrogen-bond donors (Lipinski definition) is 8. The highest BCUT2D eigenvalue weighted by molar-refractivity contribution is 5.97.